The molecule has 1 aliphatic rings. The van der Waals surface area contributed by atoms with Crippen LogP contribution in [0.2, 0.25) is 0 Å². The lowest BCUT2D eigenvalue weighted by atomic mass is 10.2. The molecule has 8 nitrogen and oxygen atoms in total. The van der Waals surface area contributed by atoms with Gasteiger partial charge in [-0.15, -0.1) is 24.0 Å². The number of guanidine groups is 1. The highest BCUT2D eigenvalue weighted by Crippen LogP contribution is 2.25. The number of morpholine rings is 1. The number of hydrogen-bond donors (Lipinski definition) is 2. The molecule has 1 aliphatic heterocycles. The second-order valence-corrected chi connectivity index (χ2v) is 7.47. The lowest BCUT2D eigenvalue weighted by Gasteiger charge is -2.26. The summed E-state index contributed by atoms with van der Waals surface area (Å²) < 4.78 is 17.1. The molecule has 9 heteroatoms. The van der Waals surface area contributed by atoms with E-state index in [4.69, 9.17) is 19.2 Å². The summed E-state index contributed by atoms with van der Waals surface area (Å²) in [4.78, 5) is 11.5. The van der Waals surface area contributed by atoms with Crippen LogP contribution in [0.5, 0.6) is 17.4 Å². The number of pyridine rings is 1. The monoisotopic (exact) mass is 569 g/mol. The van der Waals surface area contributed by atoms with Crippen LogP contribution >= 0.6 is 24.0 Å². The number of aliphatic imine (C=N–C) groups is 1. The van der Waals surface area contributed by atoms with Gasteiger partial charge < -0.3 is 24.8 Å². The van der Waals surface area contributed by atoms with Crippen molar-refractivity contribution in [2.75, 3.05) is 52.5 Å². The van der Waals surface area contributed by atoms with Crippen LogP contribution in [-0.2, 0) is 11.3 Å². The molecule has 1 saturated heterocycles. The predicted octanol–water partition coefficient (Wildman–Crippen LogP) is 3.67. The van der Waals surface area contributed by atoms with Gasteiger partial charge >= 0.3 is 0 Å². The zero-order valence-electron chi connectivity index (χ0n) is 19.6. The molecule has 2 N–H and O–H groups in total. The average Bonchev–Trinajstić information content (AvgIpc) is 2.83. The summed E-state index contributed by atoms with van der Waals surface area (Å²) in [6, 6.07) is 11.5. The fourth-order valence-electron chi connectivity index (χ4n) is 3.23. The molecule has 0 spiro atoms. The second-order valence-electron chi connectivity index (χ2n) is 7.47. The van der Waals surface area contributed by atoms with Crippen LogP contribution in [0.25, 0.3) is 0 Å². The highest BCUT2D eigenvalue weighted by molar-refractivity contribution is 14.0. The zero-order valence-corrected chi connectivity index (χ0v) is 21.9. The van der Waals surface area contributed by atoms with E-state index in [1.807, 2.05) is 36.4 Å². The zero-order chi connectivity index (χ0) is 22.4. The minimum absolute atomic E-state index is 0. The summed E-state index contributed by atoms with van der Waals surface area (Å²) in [5.74, 6) is 2.90. The molecule has 2 heterocycles. The number of hydrogen-bond acceptors (Lipinski definition) is 6. The van der Waals surface area contributed by atoms with E-state index in [0.717, 1.165) is 69.6 Å². The minimum atomic E-state index is 0. The van der Waals surface area contributed by atoms with Crippen LogP contribution in [0.4, 0.5) is 0 Å². The van der Waals surface area contributed by atoms with Crippen LogP contribution in [0.15, 0.2) is 47.6 Å². The Hall–Kier alpha value is -2.11. The second kappa shape index (κ2) is 15.7. The van der Waals surface area contributed by atoms with E-state index in [2.05, 4.69) is 34.4 Å². The van der Waals surface area contributed by atoms with Gasteiger partial charge in [0.1, 0.15) is 11.5 Å². The van der Waals surface area contributed by atoms with Gasteiger partial charge in [-0.1, -0.05) is 13.0 Å². The first-order valence-corrected chi connectivity index (χ1v) is 11.5. The molecule has 0 aliphatic carbocycles. The highest BCUT2D eigenvalue weighted by atomic mass is 127. The van der Waals surface area contributed by atoms with Crippen molar-refractivity contribution in [1.82, 2.24) is 20.5 Å². The van der Waals surface area contributed by atoms with E-state index in [1.54, 1.807) is 6.20 Å². The lowest BCUT2D eigenvalue weighted by molar-refractivity contribution is 0.0389. The molecule has 33 heavy (non-hydrogen) atoms. The van der Waals surface area contributed by atoms with Gasteiger partial charge in [0, 0.05) is 44.5 Å². The lowest BCUT2D eigenvalue weighted by Crippen LogP contribution is -2.44. The number of nitrogens with one attached hydrogen (secondary N) is 2. The number of rotatable bonds is 11. The molecule has 182 valence electrons. The van der Waals surface area contributed by atoms with Crippen LogP contribution < -0.4 is 20.1 Å². The third-order valence-electron chi connectivity index (χ3n) is 4.94. The number of benzene rings is 1. The maximum absolute atomic E-state index is 6.03. The molecule has 0 atom stereocenters. The Bertz CT molecular complexity index is 829. The molecule has 2 aromatic rings. The van der Waals surface area contributed by atoms with Gasteiger partial charge in [-0.05, 0) is 43.7 Å². The molecule has 1 aromatic heterocycles. The first-order valence-electron chi connectivity index (χ1n) is 11.5. The fraction of sp³-hybridized carbons (Fsp3) is 0.500. The van der Waals surface area contributed by atoms with Crippen molar-refractivity contribution in [3.05, 3.63) is 48.2 Å². The van der Waals surface area contributed by atoms with E-state index in [-0.39, 0.29) is 24.0 Å². The Kier molecular flexibility index (Phi) is 12.9. The summed E-state index contributed by atoms with van der Waals surface area (Å²) >= 11 is 0. The largest absolute Gasteiger partial charge is 0.494 e. The SMILES string of the molecule is CCCOc1ccc(Oc2ncccc2CN=C(NCC)NCCN2CCOCC2)cc1.I. The van der Waals surface area contributed by atoms with Crippen LogP contribution in [-0.4, -0.2) is 68.4 Å². The van der Waals surface area contributed by atoms with Crippen molar-refractivity contribution >= 4 is 29.9 Å². The Balaban J connectivity index is 0.00000385. The molecule has 0 radical (unpaired) electrons. The molecule has 3 rings (SSSR count). The summed E-state index contributed by atoms with van der Waals surface area (Å²) in [6.07, 6.45) is 2.71. The first kappa shape index (κ1) is 27.1. The van der Waals surface area contributed by atoms with Gasteiger partial charge in [-0.2, -0.15) is 0 Å². The standard InChI is InChI=1S/C24H35N5O3.HI/c1-3-16-31-21-7-9-22(10-8-21)32-23-20(6-5-11-26-23)19-28-24(25-4-2)27-12-13-29-14-17-30-18-15-29;/h5-11H,3-4,12-19H2,1-2H3,(H2,25,27,28);1H. The quantitative estimate of drug-likeness (QED) is 0.243. The first-order chi connectivity index (χ1) is 15.8. The van der Waals surface area contributed by atoms with Gasteiger partial charge in [0.05, 0.1) is 26.4 Å². The Morgan fingerprint density at radius 1 is 1.09 bits per heavy atom. The molecule has 0 saturated carbocycles. The number of halogens is 1. The number of aromatic nitrogens is 1. The number of ether oxygens (including phenoxy) is 3. The highest BCUT2D eigenvalue weighted by Gasteiger charge is 2.10. The van der Waals surface area contributed by atoms with Crippen molar-refractivity contribution in [3.63, 3.8) is 0 Å². The van der Waals surface area contributed by atoms with Crippen molar-refractivity contribution in [2.24, 2.45) is 4.99 Å². The van der Waals surface area contributed by atoms with E-state index < -0.39 is 0 Å². The van der Waals surface area contributed by atoms with Crippen LogP contribution in [0, 0.1) is 0 Å². The third-order valence-corrected chi connectivity index (χ3v) is 4.94. The van der Waals surface area contributed by atoms with Gasteiger partial charge in [-0.25, -0.2) is 9.98 Å². The summed E-state index contributed by atoms with van der Waals surface area (Å²) in [5.41, 5.74) is 0.921. The molecule has 0 unspecified atom stereocenters. The Labute approximate surface area is 214 Å². The molecule has 0 amide bonds. The smallest absolute Gasteiger partial charge is 0.224 e. The fourth-order valence-corrected chi connectivity index (χ4v) is 3.23. The van der Waals surface area contributed by atoms with Gasteiger partial charge in [0.15, 0.2) is 5.96 Å². The van der Waals surface area contributed by atoms with Gasteiger partial charge in [-0.3, -0.25) is 4.90 Å². The average molecular weight is 569 g/mol. The van der Waals surface area contributed by atoms with E-state index >= 15 is 0 Å². The molecule has 1 aromatic carbocycles. The molecule has 1 fully saturated rings. The maximum Gasteiger partial charge on any atom is 0.224 e. The number of nitrogens with zero attached hydrogens (tertiary/aromatic N) is 3. The molecular weight excluding hydrogens is 533 g/mol. The summed E-state index contributed by atoms with van der Waals surface area (Å²) in [7, 11) is 0. The van der Waals surface area contributed by atoms with Crippen LogP contribution in [0.3, 0.4) is 0 Å². The van der Waals surface area contributed by atoms with Crippen molar-refractivity contribution in [2.45, 2.75) is 26.8 Å². The molecule has 0 bridgehead atoms. The summed E-state index contributed by atoms with van der Waals surface area (Å²) in [5, 5.41) is 6.71. The van der Waals surface area contributed by atoms with E-state index in [0.29, 0.717) is 24.8 Å². The minimum Gasteiger partial charge on any atom is -0.494 e. The Morgan fingerprint density at radius 3 is 2.58 bits per heavy atom. The van der Waals surface area contributed by atoms with E-state index in [1.165, 1.54) is 0 Å². The van der Waals surface area contributed by atoms with Crippen molar-refractivity contribution < 1.29 is 14.2 Å². The predicted molar refractivity (Wildman–Crippen MR) is 142 cm³/mol. The van der Waals surface area contributed by atoms with Gasteiger partial charge in [0.2, 0.25) is 5.88 Å². The molecular formula is C24H36IN5O3. The maximum atomic E-state index is 6.03. The summed E-state index contributed by atoms with van der Waals surface area (Å²) in [6.45, 7) is 11.5. The Morgan fingerprint density at radius 2 is 1.85 bits per heavy atom. The topological polar surface area (TPSA) is 80.2 Å². The van der Waals surface area contributed by atoms with Crippen molar-refractivity contribution in [3.8, 4) is 17.4 Å². The van der Waals surface area contributed by atoms with Gasteiger partial charge in [0.25, 0.3) is 0 Å². The van der Waals surface area contributed by atoms with Crippen molar-refractivity contribution in [1.29, 1.82) is 0 Å². The third kappa shape index (κ3) is 9.73. The van der Waals surface area contributed by atoms with E-state index in [9.17, 15) is 0 Å². The normalized spacial score (nSPS) is 14.3. The van der Waals surface area contributed by atoms with Crippen LogP contribution in [0.1, 0.15) is 25.8 Å².